The van der Waals surface area contributed by atoms with E-state index >= 15 is 0 Å². The topological polar surface area (TPSA) is 0 Å². The number of hydrogen-bond acceptors (Lipinski definition) is 0. The summed E-state index contributed by atoms with van der Waals surface area (Å²) in [7, 11) is 0. The first-order valence-corrected chi connectivity index (χ1v) is 8.16. The Kier molecular flexibility index (Phi) is 5.53. The Bertz CT molecular complexity index is 296. The summed E-state index contributed by atoms with van der Waals surface area (Å²) in [6.45, 7) is 4.80. The lowest BCUT2D eigenvalue weighted by molar-refractivity contribution is 0.589. The minimum Gasteiger partial charge on any atom is -0.0698 e. The summed E-state index contributed by atoms with van der Waals surface area (Å²) < 4.78 is 0. The van der Waals surface area contributed by atoms with Crippen LogP contribution in [-0.2, 0) is 0 Å². The molecule has 0 saturated carbocycles. The Morgan fingerprint density at radius 3 is 1.17 bits per heavy atom. The molecule has 0 nitrogen and oxygen atoms in total. The molecule has 102 valence electrons. The molecule has 0 saturated heterocycles. The fourth-order valence-corrected chi connectivity index (χ4v) is 3.64. The molecule has 0 fully saturated rings. The van der Waals surface area contributed by atoms with Crippen LogP contribution in [0.25, 0.3) is 0 Å². The van der Waals surface area contributed by atoms with Gasteiger partial charge in [-0.3, -0.25) is 0 Å². The molecule has 0 bridgehead atoms. The van der Waals surface area contributed by atoms with Crippen molar-refractivity contribution < 1.29 is 0 Å². The van der Waals surface area contributed by atoms with Crippen molar-refractivity contribution in [3.05, 3.63) is 22.3 Å². The van der Waals surface area contributed by atoms with Crippen LogP contribution in [-0.4, -0.2) is 0 Å². The average Bonchev–Trinajstić information content (AvgIpc) is 2.32. The predicted octanol–water partition coefficient (Wildman–Crippen LogP) is 6.33. The fraction of sp³-hybridized carbons (Fsp3) is 0.778. The van der Waals surface area contributed by atoms with E-state index in [9.17, 15) is 0 Å². The zero-order chi connectivity index (χ0) is 12.8. The van der Waals surface area contributed by atoms with Crippen molar-refractivity contribution in [1.82, 2.24) is 0 Å². The summed E-state index contributed by atoms with van der Waals surface area (Å²) >= 11 is 0. The van der Waals surface area contributed by atoms with Crippen molar-refractivity contribution in [1.29, 1.82) is 0 Å². The van der Waals surface area contributed by atoms with Gasteiger partial charge in [-0.2, -0.15) is 0 Å². The maximum atomic E-state index is 2.40. The van der Waals surface area contributed by atoms with E-state index in [1.54, 1.807) is 22.3 Å². The third-order valence-corrected chi connectivity index (χ3v) is 4.85. The number of allylic oxidation sites excluding steroid dienone is 4. The summed E-state index contributed by atoms with van der Waals surface area (Å²) in [6, 6.07) is 0. The molecule has 0 heterocycles. The first kappa shape index (κ1) is 13.9. The van der Waals surface area contributed by atoms with Crippen LogP contribution in [0.2, 0.25) is 0 Å². The van der Waals surface area contributed by atoms with Crippen molar-refractivity contribution >= 4 is 0 Å². The highest BCUT2D eigenvalue weighted by molar-refractivity contribution is 5.38. The Balaban J connectivity index is 2.23. The Hall–Kier alpha value is -0.520. The lowest BCUT2D eigenvalue weighted by Crippen LogP contribution is -2.03. The van der Waals surface area contributed by atoms with E-state index < -0.39 is 0 Å². The Labute approximate surface area is 114 Å². The summed E-state index contributed by atoms with van der Waals surface area (Å²) in [5, 5.41) is 0. The molecule has 0 aromatic rings. The fourth-order valence-electron chi connectivity index (χ4n) is 3.64. The summed E-state index contributed by atoms with van der Waals surface area (Å²) in [5.41, 5.74) is 6.97. The minimum atomic E-state index is 1.35. The predicted molar refractivity (Wildman–Crippen MR) is 80.8 cm³/mol. The molecular weight excluding hydrogens is 216 g/mol. The molecule has 2 rings (SSSR count). The summed E-state index contributed by atoms with van der Waals surface area (Å²) in [6.07, 6.45) is 16.9. The first-order chi connectivity index (χ1) is 8.79. The van der Waals surface area contributed by atoms with Crippen molar-refractivity contribution in [3.8, 4) is 0 Å². The highest BCUT2D eigenvalue weighted by atomic mass is 14.2. The van der Waals surface area contributed by atoms with Crippen molar-refractivity contribution in [3.63, 3.8) is 0 Å². The lowest BCUT2D eigenvalue weighted by Gasteiger charge is -2.23. The van der Waals surface area contributed by atoms with Crippen LogP contribution in [0.4, 0.5) is 0 Å². The van der Waals surface area contributed by atoms with Crippen LogP contribution >= 0.6 is 0 Å². The maximum absolute atomic E-state index is 2.40. The largest absolute Gasteiger partial charge is 0.0698 e. The minimum absolute atomic E-state index is 1.35. The second-order valence-corrected chi connectivity index (χ2v) is 6.35. The highest BCUT2D eigenvalue weighted by Gasteiger charge is 2.15. The van der Waals surface area contributed by atoms with Crippen LogP contribution in [0.3, 0.4) is 0 Å². The van der Waals surface area contributed by atoms with Gasteiger partial charge >= 0.3 is 0 Å². The summed E-state index contributed by atoms with van der Waals surface area (Å²) in [5.74, 6) is 0. The van der Waals surface area contributed by atoms with Gasteiger partial charge in [-0.1, -0.05) is 36.8 Å². The van der Waals surface area contributed by atoms with Crippen molar-refractivity contribution in [2.45, 2.75) is 90.9 Å². The van der Waals surface area contributed by atoms with Gasteiger partial charge in [-0.25, -0.2) is 0 Å². The van der Waals surface area contributed by atoms with Gasteiger partial charge in [0.2, 0.25) is 0 Å². The number of rotatable bonds is 1. The third kappa shape index (κ3) is 3.73. The van der Waals surface area contributed by atoms with E-state index in [0.29, 0.717) is 0 Å². The molecule has 0 radical (unpaired) electrons. The summed E-state index contributed by atoms with van der Waals surface area (Å²) in [4.78, 5) is 0. The van der Waals surface area contributed by atoms with Gasteiger partial charge in [-0.15, -0.1) is 0 Å². The monoisotopic (exact) mass is 246 g/mol. The molecule has 0 N–H and O–H groups in total. The van der Waals surface area contributed by atoms with E-state index in [4.69, 9.17) is 0 Å². The molecule has 0 amide bonds. The number of hydrogen-bond donors (Lipinski definition) is 0. The van der Waals surface area contributed by atoms with Crippen LogP contribution in [0, 0.1) is 0 Å². The molecule has 0 aliphatic heterocycles. The van der Waals surface area contributed by atoms with Crippen molar-refractivity contribution in [2.75, 3.05) is 0 Å². The van der Waals surface area contributed by atoms with Gasteiger partial charge in [0.25, 0.3) is 0 Å². The maximum Gasteiger partial charge on any atom is -0.0277 e. The SMILES string of the molecule is C/C1=C(\C2=C(/C)CCCCCC2)CCCCCC1. The zero-order valence-electron chi connectivity index (χ0n) is 12.5. The molecule has 0 heteroatoms. The standard InChI is InChI=1S/C18H30/c1-15-11-7-3-5-9-13-17(15)18-14-10-6-4-8-12-16(18)2/h3-14H2,1-2H3/b17-15+,18-16+. The molecule has 2 aliphatic carbocycles. The van der Waals surface area contributed by atoms with Crippen LogP contribution < -0.4 is 0 Å². The van der Waals surface area contributed by atoms with Crippen LogP contribution in [0.1, 0.15) is 90.9 Å². The molecule has 0 aromatic heterocycles. The van der Waals surface area contributed by atoms with E-state index in [0.717, 1.165) is 0 Å². The van der Waals surface area contributed by atoms with Gasteiger partial charge in [0.15, 0.2) is 0 Å². The first-order valence-electron chi connectivity index (χ1n) is 8.16. The van der Waals surface area contributed by atoms with Crippen LogP contribution in [0.15, 0.2) is 22.3 Å². The molecule has 0 atom stereocenters. The average molecular weight is 246 g/mol. The van der Waals surface area contributed by atoms with E-state index in [2.05, 4.69) is 13.8 Å². The van der Waals surface area contributed by atoms with Crippen molar-refractivity contribution in [2.24, 2.45) is 0 Å². The molecule has 0 aromatic carbocycles. The Morgan fingerprint density at radius 1 is 0.444 bits per heavy atom. The molecular formula is C18H30. The van der Waals surface area contributed by atoms with E-state index in [1.807, 2.05) is 0 Å². The molecule has 18 heavy (non-hydrogen) atoms. The van der Waals surface area contributed by atoms with Gasteiger partial charge in [0.1, 0.15) is 0 Å². The Morgan fingerprint density at radius 2 is 0.778 bits per heavy atom. The third-order valence-electron chi connectivity index (χ3n) is 4.85. The van der Waals surface area contributed by atoms with Gasteiger partial charge in [0, 0.05) is 0 Å². The molecule has 0 spiro atoms. The smallest absolute Gasteiger partial charge is 0.0277 e. The van der Waals surface area contributed by atoms with Gasteiger partial charge < -0.3 is 0 Å². The second-order valence-electron chi connectivity index (χ2n) is 6.35. The van der Waals surface area contributed by atoms with Gasteiger partial charge in [0.05, 0.1) is 0 Å². The molecule has 0 unspecified atom stereocenters. The van der Waals surface area contributed by atoms with Crippen LogP contribution in [0.5, 0.6) is 0 Å². The zero-order valence-corrected chi connectivity index (χ0v) is 12.5. The highest BCUT2D eigenvalue weighted by Crippen LogP contribution is 2.34. The molecule has 2 aliphatic rings. The van der Waals surface area contributed by atoms with Gasteiger partial charge in [-0.05, 0) is 76.4 Å². The normalized spacial score (nSPS) is 32.3. The van der Waals surface area contributed by atoms with E-state index in [1.165, 1.54) is 77.0 Å². The lowest BCUT2D eigenvalue weighted by atomic mass is 9.83. The second kappa shape index (κ2) is 7.16. The van der Waals surface area contributed by atoms with E-state index in [-0.39, 0.29) is 0 Å². The quantitative estimate of drug-likeness (QED) is 0.507.